The van der Waals surface area contributed by atoms with Crippen molar-refractivity contribution in [2.24, 2.45) is 0 Å². The van der Waals surface area contributed by atoms with Crippen molar-refractivity contribution in [3.8, 4) is 0 Å². The number of anilines is 1. The fourth-order valence-electron chi connectivity index (χ4n) is 1.21. The lowest BCUT2D eigenvalue weighted by atomic mass is 10.3. The Kier molecular flexibility index (Phi) is 4.08. The zero-order valence-corrected chi connectivity index (χ0v) is 12.1. The van der Waals surface area contributed by atoms with Crippen LogP contribution < -0.4 is 5.32 Å². The molecule has 1 N–H and O–H groups in total. The van der Waals surface area contributed by atoms with Gasteiger partial charge < -0.3 is 5.32 Å². The molecule has 1 aromatic carbocycles. The molecule has 0 aliphatic carbocycles. The summed E-state index contributed by atoms with van der Waals surface area (Å²) in [6, 6.07) is 4.24. The zero-order chi connectivity index (χ0) is 14.0. The molecule has 0 aliphatic heterocycles. The smallest absolute Gasteiger partial charge is 0.286 e. The molecule has 0 fully saturated rings. The number of hydrogen-bond donors (Lipinski definition) is 1. The number of amides is 1. The molecule has 0 atom stereocenters. The minimum atomic E-state index is -0.554. The molecule has 2 aromatic rings. The van der Waals surface area contributed by atoms with Crippen LogP contribution in [0.15, 0.2) is 22.7 Å². The quantitative estimate of drug-likeness (QED) is 0.667. The minimum Gasteiger partial charge on any atom is -0.320 e. The van der Waals surface area contributed by atoms with Gasteiger partial charge in [0.05, 0.1) is 9.40 Å². The highest BCUT2D eigenvalue weighted by molar-refractivity contribution is 9.10. The van der Waals surface area contributed by atoms with Crippen molar-refractivity contribution in [3.05, 3.63) is 42.3 Å². The Labute approximate surface area is 123 Å². The summed E-state index contributed by atoms with van der Waals surface area (Å²) in [6.07, 6.45) is 0. The van der Waals surface area contributed by atoms with E-state index in [4.69, 9.17) is 11.6 Å². The Balaban J connectivity index is 2.22. The second-order valence-corrected chi connectivity index (χ2v) is 5.65. The van der Waals surface area contributed by atoms with Gasteiger partial charge >= 0.3 is 0 Å². The number of hydrogen-bond acceptors (Lipinski definition) is 6. The van der Waals surface area contributed by atoms with Gasteiger partial charge in [-0.15, -0.1) is 10.2 Å². The van der Waals surface area contributed by atoms with E-state index in [0.29, 0.717) is 4.47 Å². The third kappa shape index (κ3) is 3.25. The van der Waals surface area contributed by atoms with E-state index in [1.807, 2.05) is 0 Å². The molecule has 0 radical (unpaired) electrons. The lowest BCUT2D eigenvalue weighted by Crippen LogP contribution is -2.11. The number of nitro groups is 1. The van der Waals surface area contributed by atoms with Crippen molar-refractivity contribution in [1.29, 1.82) is 0 Å². The average molecular weight is 364 g/mol. The SMILES string of the molecule is O=C(Nc1ccc(Br)c([N+](=O)[O-])c1)c1nnc(Cl)s1. The van der Waals surface area contributed by atoms with E-state index in [1.54, 1.807) is 0 Å². The van der Waals surface area contributed by atoms with Crippen LogP contribution in [0.2, 0.25) is 4.47 Å². The van der Waals surface area contributed by atoms with Gasteiger partial charge in [-0.25, -0.2) is 0 Å². The van der Waals surface area contributed by atoms with Gasteiger partial charge in [0.2, 0.25) is 9.47 Å². The summed E-state index contributed by atoms with van der Waals surface area (Å²) in [5.74, 6) is -0.527. The molecule has 0 bridgehead atoms. The summed E-state index contributed by atoms with van der Waals surface area (Å²) in [6.45, 7) is 0. The molecule has 0 saturated heterocycles. The van der Waals surface area contributed by atoms with Crippen LogP contribution in [-0.2, 0) is 0 Å². The van der Waals surface area contributed by atoms with E-state index >= 15 is 0 Å². The summed E-state index contributed by atoms with van der Waals surface area (Å²) in [5, 5.41) is 20.4. The Hall–Kier alpha value is -1.58. The number of nitrogens with zero attached hydrogens (tertiary/aromatic N) is 3. The highest BCUT2D eigenvalue weighted by Gasteiger charge is 2.16. The lowest BCUT2D eigenvalue weighted by Gasteiger charge is -2.03. The maximum Gasteiger partial charge on any atom is 0.286 e. The largest absolute Gasteiger partial charge is 0.320 e. The van der Waals surface area contributed by atoms with E-state index in [2.05, 4.69) is 31.4 Å². The second-order valence-electron chi connectivity index (χ2n) is 3.24. The van der Waals surface area contributed by atoms with Crippen LogP contribution in [0.1, 0.15) is 9.80 Å². The number of rotatable bonds is 3. The number of aromatic nitrogens is 2. The Morgan fingerprint density at radius 3 is 2.79 bits per heavy atom. The van der Waals surface area contributed by atoms with Gasteiger partial charge in [0.15, 0.2) is 0 Å². The molecule has 0 saturated carbocycles. The molecule has 1 aromatic heterocycles. The Bertz CT molecular complexity index is 663. The van der Waals surface area contributed by atoms with Crippen molar-refractivity contribution in [2.75, 3.05) is 5.32 Å². The van der Waals surface area contributed by atoms with Crippen LogP contribution >= 0.6 is 38.9 Å². The fourth-order valence-corrected chi connectivity index (χ4v) is 2.33. The zero-order valence-electron chi connectivity index (χ0n) is 8.96. The summed E-state index contributed by atoms with van der Waals surface area (Å²) in [5.41, 5.74) is 0.138. The number of carbonyl (C=O) groups excluding carboxylic acids is 1. The van der Waals surface area contributed by atoms with E-state index in [0.717, 1.165) is 11.3 Å². The number of benzene rings is 1. The van der Waals surface area contributed by atoms with Crippen molar-refractivity contribution in [3.63, 3.8) is 0 Å². The van der Waals surface area contributed by atoms with Crippen LogP contribution in [0.25, 0.3) is 0 Å². The van der Waals surface area contributed by atoms with Crippen LogP contribution in [0.5, 0.6) is 0 Å². The maximum absolute atomic E-state index is 11.8. The molecule has 0 unspecified atom stereocenters. The van der Waals surface area contributed by atoms with Gasteiger partial charge in [0.1, 0.15) is 0 Å². The number of carbonyl (C=O) groups is 1. The third-order valence-corrected chi connectivity index (χ3v) is 3.68. The molecule has 10 heteroatoms. The molecule has 98 valence electrons. The van der Waals surface area contributed by atoms with Gasteiger partial charge in [-0.2, -0.15) is 0 Å². The van der Waals surface area contributed by atoms with E-state index in [1.165, 1.54) is 18.2 Å². The molecule has 1 amide bonds. The first-order chi connectivity index (χ1) is 8.97. The highest BCUT2D eigenvalue weighted by atomic mass is 79.9. The summed E-state index contributed by atoms with van der Waals surface area (Å²) < 4.78 is 0.474. The van der Waals surface area contributed by atoms with Gasteiger partial charge in [0, 0.05) is 11.8 Å². The van der Waals surface area contributed by atoms with Crippen LogP contribution in [0, 0.1) is 10.1 Å². The molecule has 7 nitrogen and oxygen atoms in total. The van der Waals surface area contributed by atoms with Crippen molar-refractivity contribution in [1.82, 2.24) is 10.2 Å². The standard InChI is InChI=1S/C9H4BrClN4O3S/c10-5-2-1-4(3-6(5)15(17)18)12-7(16)8-13-14-9(11)19-8/h1-3H,(H,12,16). The average Bonchev–Trinajstić information content (AvgIpc) is 2.78. The first kappa shape index (κ1) is 13.8. The molecule has 2 rings (SSSR count). The summed E-state index contributed by atoms with van der Waals surface area (Å²) >= 11 is 9.53. The highest BCUT2D eigenvalue weighted by Crippen LogP contribution is 2.28. The Morgan fingerprint density at radius 1 is 1.47 bits per heavy atom. The van der Waals surface area contributed by atoms with Gasteiger partial charge in [-0.05, 0) is 39.7 Å². The predicted molar refractivity (Wildman–Crippen MR) is 73.7 cm³/mol. The number of nitrogens with one attached hydrogen (secondary N) is 1. The molecule has 19 heavy (non-hydrogen) atoms. The van der Waals surface area contributed by atoms with Crippen LogP contribution in [0.3, 0.4) is 0 Å². The molecular formula is C9H4BrClN4O3S. The van der Waals surface area contributed by atoms with Crippen LogP contribution in [0.4, 0.5) is 11.4 Å². The molecule has 0 aliphatic rings. The molecule has 1 heterocycles. The summed E-state index contributed by atoms with van der Waals surface area (Å²) in [4.78, 5) is 22.0. The van der Waals surface area contributed by atoms with E-state index < -0.39 is 10.8 Å². The third-order valence-electron chi connectivity index (χ3n) is 2.00. The number of halogens is 2. The normalized spacial score (nSPS) is 10.2. The molecular weight excluding hydrogens is 360 g/mol. The second kappa shape index (κ2) is 5.59. The molecule has 0 spiro atoms. The minimum absolute atomic E-state index is 0.0792. The van der Waals surface area contributed by atoms with Crippen molar-refractivity contribution < 1.29 is 9.72 Å². The summed E-state index contributed by atoms with van der Waals surface area (Å²) in [7, 11) is 0. The van der Waals surface area contributed by atoms with Gasteiger partial charge in [-0.1, -0.05) is 11.3 Å². The van der Waals surface area contributed by atoms with Crippen molar-refractivity contribution >= 4 is 56.1 Å². The maximum atomic E-state index is 11.8. The topological polar surface area (TPSA) is 98.0 Å². The van der Waals surface area contributed by atoms with E-state index in [-0.39, 0.29) is 20.8 Å². The van der Waals surface area contributed by atoms with Crippen LogP contribution in [-0.4, -0.2) is 21.0 Å². The van der Waals surface area contributed by atoms with Crippen molar-refractivity contribution in [2.45, 2.75) is 0 Å². The monoisotopic (exact) mass is 362 g/mol. The van der Waals surface area contributed by atoms with Gasteiger partial charge in [0.25, 0.3) is 11.6 Å². The number of nitro benzene ring substituents is 1. The first-order valence-electron chi connectivity index (χ1n) is 4.71. The predicted octanol–water partition coefficient (Wildman–Crippen LogP) is 3.11. The van der Waals surface area contributed by atoms with Gasteiger partial charge in [-0.3, -0.25) is 14.9 Å². The van der Waals surface area contributed by atoms with E-state index in [9.17, 15) is 14.9 Å². The lowest BCUT2D eigenvalue weighted by molar-refractivity contribution is -0.385. The Morgan fingerprint density at radius 2 is 2.21 bits per heavy atom. The fraction of sp³-hybridized carbons (Fsp3) is 0. The first-order valence-corrected chi connectivity index (χ1v) is 6.70.